The molecule has 0 radical (unpaired) electrons. The fraction of sp³-hybridized carbons (Fsp3) is 0.136. The molecule has 3 aromatic carbocycles. The topological polar surface area (TPSA) is 38.3 Å². The number of nitrogens with one attached hydrogen (secondary N) is 1. The molecule has 0 bridgehead atoms. The van der Waals surface area contributed by atoms with Crippen molar-refractivity contribution < 1.29 is 9.53 Å². The van der Waals surface area contributed by atoms with Crippen LogP contribution in [-0.2, 0) is 11.2 Å². The van der Waals surface area contributed by atoms with Gasteiger partial charge in [-0.2, -0.15) is 0 Å². The van der Waals surface area contributed by atoms with Crippen LogP contribution in [0.4, 0.5) is 0 Å². The second-order valence-electron chi connectivity index (χ2n) is 5.89. The summed E-state index contributed by atoms with van der Waals surface area (Å²) in [5.41, 5.74) is 3.30. The molecule has 0 saturated carbocycles. The molecule has 0 aromatic heterocycles. The Balaban J connectivity index is 1.42. The highest BCUT2D eigenvalue weighted by atomic mass is 35.5. The van der Waals surface area contributed by atoms with Crippen LogP contribution < -0.4 is 10.1 Å². The van der Waals surface area contributed by atoms with Gasteiger partial charge in [0.1, 0.15) is 12.4 Å². The molecule has 0 heterocycles. The van der Waals surface area contributed by atoms with Gasteiger partial charge >= 0.3 is 0 Å². The molecule has 26 heavy (non-hydrogen) atoms. The Morgan fingerprint density at radius 1 is 0.846 bits per heavy atom. The highest BCUT2D eigenvalue weighted by molar-refractivity contribution is 6.30. The zero-order valence-corrected chi connectivity index (χ0v) is 15.1. The van der Waals surface area contributed by atoms with Crippen molar-refractivity contribution in [2.24, 2.45) is 0 Å². The van der Waals surface area contributed by atoms with Crippen LogP contribution in [0.15, 0.2) is 78.9 Å². The second kappa shape index (κ2) is 9.07. The van der Waals surface area contributed by atoms with Crippen LogP contribution in [0.1, 0.15) is 5.56 Å². The fourth-order valence-corrected chi connectivity index (χ4v) is 2.71. The third-order valence-electron chi connectivity index (χ3n) is 3.93. The Morgan fingerprint density at radius 2 is 1.50 bits per heavy atom. The standard InChI is InChI=1S/C22H20ClNO2/c23-20-10-12-21(13-11-20)26-15-14-24-22(25)16-17-6-8-19(9-7-17)18-4-2-1-3-5-18/h1-13H,14-16H2,(H,24,25). The van der Waals surface area contributed by atoms with Crippen LogP contribution in [0, 0.1) is 0 Å². The summed E-state index contributed by atoms with van der Waals surface area (Å²) in [5.74, 6) is 0.720. The maximum absolute atomic E-state index is 12.0. The van der Waals surface area contributed by atoms with Gasteiger partial charge < -0.3 is 10.1 Å². The van der Waals surface area contributed by atoms with Crippen LogP contribution in [0.25, 0.3) is 11.1 Å². The molecule has 132 valence electrons. The third kappa shape index (κ3) is 5.36. The number of rotatable bonds is 7. The number of ether oxygens (including phenoxy) is 1. The van der Waals surface area contributed by atoms with Gasteiger partial charge in [0.05, 0.1) is 13.0 Å². The lowest BCUT2D eigenvalue weighted by Crippen LogP contribution is -2.29. The first-order chi connectivity index (χ1) is 12.7. The number of amides is 1. The molecule has 0 fully saturated rings. The van der Waals surface area contributed by atoms with Gasteiger partial charge in [-0.15, -0.1) is 0 Å². The molecule has 0 aliphatic heterocycles. The van der Waals surface area contributed by atoms with Crippen molar-refractivity contribution in [3.8, 4) is 16.9 Å². The molecular formula is C22H20ClNO2. The zero-order chi connectivity index (χ0) is 18.2. The van der Waals surface area contributed by atoms with Crippen LogP contribution in [0.5, 0.6) is 5.75 Å². The lowest BCUT2D eigenvalue weighted by molar-refractivity contribution is -0.120. The van der Waals surface area contributed by atoms with Gasteiger partial charge in [0.15, 0.2) is 0 Å². The second-order valence-corrected chi connectivity index (χ2v) is 6.33. The minimum absolute atomic E-state index is 0.0165. The first kappa shape index (κ1) is 18.0. The van der Waals surface area contributed by atoms with Crippen LogP contribution >= 0.6 is 11.6 Å². The van der Waals surface area contributed by atoms with Crippen molar-refractivity contribution in [1.82, 2.24) is 5.32 Å². The van der Waals surface area contributed by atoms with Gasteiger partial charge in [0, 0.05) is 5.02 Å². The van der Waals surface area contributed by atoms with E-state index in [1.807, 2.05) is 42.5 Å². The largest absolute Gasteiger partial charge is 0.492 e. The molecule has 0 aliphatic rings. The lowest BCUT2D eigenvalue weighted by Gasteiger charge is -2.08. The minimum Gasteiger partial charge on any atom is -0.492 e. The number of hydrogen-bond acceptors (Lipinski definition) is 2. The Morgan fingerprint density at radius 3 is 2.19 bits per heavy atom. The van der Waals surface area contributed by atoms with E-state index in [4.69, 9.17) is 16.3 Å². The summed E-state index contributed by atoms with van der Waals surface area (Å²) < 4.78 is 5.55. The maximum atomic E-state index is 12.0. The van der Waals surface area contributed by atoms with E-state index in [0.717, 1.165) is 16.9 Å². The van der Waals surface area contributed by atoms with E-state index < -0.39 is 0 Å². The van der Waals surface area contributed by atoms with Crippen molar-refractivity contribution in [2.75, 3.05) is 13.2 Å². The zero-order valence-electron chi connectivity index (χ0n) is 14.3. The summed E-state index contributed by atoms with van der Waals surface area (Å²) in [6.07, 6.45) is 0.357. The molecule has 3 rings (SSSR count). The van der Waals surface area contributed by atoms with Gasteiger partial charge in [-0.3, -0.25) is 4.79 Å². The first-order valence-corrected chi connectivity index (χ1v) is 8.88. The fourth-order valence-electron chi connectivity index (χ4n) is 2.58. The van der Waals surface area contributed by atoms with E-state index in [9.17, 15) is 4.79 Å². The van der Waals surface area contributed by atoms with E-state index in [-0.39, 0.29) is 5.91 Å². The monoisotopic (exact) mass is 365 g/mol. The van der Waals surface area contributed by atoms with E-state index >= 15 is 0 Å². The summed E-state index contributed by atoms with van der Waals surface area (Å²) in [6.45, 7) is 0.879. The molecule has 4 heteroatoms. The summed E-state index contributed by atoms with van der Waals surface area (Å²) in [7, 11) is 0. The highest BCUT2D eigenvalue weighted by Crippen LogP contribution is 2.19. The van der Waals surface area contributed by atoms with Crippen LogP contribution in [0.2, 0.25) is 5.02 Å². The summed E-state index contributed by atoms with van der Waals surface area (Å²) in [4.78, 5) is 12.0. The molecule has 0 saturated heterocycles. The van der Waals surface area contributed by atoms with Gasteiger partial charge in [-0.25, -0.2) is 0 Å². The molecule has 3 nitrogen and oxygen atoms in total. The Hall–Kier alpha value is -2.78. The number of halogens is 1. The van der Waals surface area contributed by atoms with Gasteiger partial charge in [0.25, 0.3) is 0 Å². The number of carbonyl (C=O) groups is 1. The predicted molar refractivity (Wildman–Crippen MR) is 106 cm³/mol. The average Bonchev–Trinajstić information content (AvgIpc) is 2.68. The molecule has 0 unspecified atom stereocenters. The maximum Gasteiger partial charge on any atom is 0.224 e. The number of carbonyl (C=O) groups excluding carboxylic acids is 1. The molecule has 0 aliphatic carbocycles. The predicted octanol–water partition coefficient (Wildman–Crippen LogP) is 4.74. The molecular weight excluding hydrogens is 346 g/mol. The van der Waals surface area contributed by atoms with Crippen molar-refractivity contribution >= 4 is 17.5 Å². The van der Waals surface area contributed by atoms with Gasteiger partial charge in [0.2, 0.25) is 5.91 Å². The SMILES string of the molecule is O=C(Cc1ccc(-c2ccccc2)cc1)NCCOc1ccc(Cl)cc1. The number of benzene rings is 3. The molecule has 1 N–H and O–H groups in total. The van der Waals surface area contributed by atoms with Crippen molar-refractivity contribution in [3.63, 3.8) is 0 Å². The quantitative estimate of drug-likeness (QED) is 0.614. The van der Waals surface area contributed by atoms with Gasteiger partial charge in [-0.05, 0) is 41.0 Å². The van der Waals surface area contributed by atoms with E-state index in [0.29, 0.717) is 24.6 Å². The lowest BCUT2D eigenvalue weighted by atomic mass is 10.0. The highest BCUT2D eigenvalue weighted by Gasteiger charge is 2.04. The minimum atomic E-state index is -0.0165. The normalized spacial score (nSPS) is 10.3. The molecule has 0 spiro atoms. The van der Waals surface area contributed by atoms with E-state index in [2.05, 4.69) is 17.4 Å². The summed E-state index contributed by atoms with van der Waals surface area (Å²) in [5, 5.41) is 3.54. The summed E-state index contributed by atoms with van der Waals surface area (Å²) >= 11 is 5.82. The van der Waals surface area contributed by atoms with Crippen LogP contribution in [0.3, 0.4) is 0 Å². The average molecular weight is 366 g/mol. The van der Waals surface area contributed by atoms with Gasteiger partial charge in [-0.1, -0.05) is 66.2 Å². The number of hydrogen-bond donors (Lipinski definition) is 1. The Kier molecular flexibility index (Phi) is 6.29. The first-order valence-electron chi connectivity index (χ1n) is 8.50. The molecule has 3 aromatic rings. The van der Waals surface area contributed by atoms with Crippen molar-refractivity contribution in [3.05, 3.63) is 89.4 Å². The smallest absolute Gasteiger partial charge is 0.224 e. The third-order valence-corrected chi connectivity index (χ3v) is 4.18. The van der Waals surface area contributed by atoms with Crippen molar-refractivity contribution in [1.29, 1.82) is 0 Å². The van der Waals surface area contributed by atoms with E-state index in [1.54, 1.807) is 24.3 Å². The Labute approximate surface area is 158 Å². The Bertz CT molecular complexity index is 830. The molecule has 0 atom stereocenters. The van der Waals surface area contributed by atoms with Crippen LogP contribution in [-0.4, -0.2) is 19.1 Å². The molecule has 1 amide bonds. The van der Waals surface area contributed by atoms with Crippen molar-refractivity contribution in [2.45, 2.75) is 6.42 Å². The van der Waals surface area contributed by atoms with E-state index in [1.165, 1.54) is 5.56 Å². The summed E-state index contributed by atoms with van der Waals surface area (Å²) in [6, 6.07) is 25.4.